The number of carbonyl (C=O) groups is 1. The van der Waals surface area contributed by atoms with Crippen molar-refractivity contribution >= 4 is 46.0 Å². The highest BCUT2D eigenvalue weighted by atomic mass is 35.5. The van der Waals surface area contributed by atoms with E-state index in [1.165, 1.54) is 30.6 Å². The molecule has 0 saturated heterocycles. The Bertz CT molecular complexity index is 610. The Balaban J connectivity index is 2.53. The van der Waals surface area contributed by atoms with E-state index in [0.717, 1.165) is 0 Å². The van der Waals surface area contributed by atoms with Crippen LogP contribution in [0.25, 0.3) is 0 Å². The van der Waals surface area contributed by atoms with Crippen molar-refractivity contribution in [2.75, 3.05) is 12.8 Å². The third kappa shape index (κ3) is 2.32. The van der Waals surface area contributed by atoms with Crippen molar-refractivity contribution < 1.29 is 9.53 Å². The third-order valence-corrected chi connectivity index (χ3v) is 4.05. The maximum atomic E-state index is 12.3. The number of ketones is 1. The molecule has 0 bridgehead atoms. The Morgan fingerprint density at radius 1 is 1.39 bits per heavy atom. The number of nitrogen functional groups attached to an aromatic ring is 1. The van der Waals surface area contributed by atoms with Crippen molar-refractivity contribution in [1.29, 1.82) is 0 Å². The number of benzene rings is 1. The normalized spacial score (nSPS) is 10.4. The van der Waals surface area contributed by atoms with E-state index in [1.807, 2.05) is 0 Å². The second-order valence-corrected chi connectivity index (χ2v) is 5.21. The van der Waals surface area contributed by atoms with E-state index in [-0.39, 0.29) is 21.4 Å². The molecule has 0 atom stereocenters. The van der Waals surface area contributed by atoms with Crippen LogP contribution in [0.4, 0.5) is 5.69 Å². The Hall–Kier alpha value is -1.23. The molecule has 1 heterocycles. The number of rotatable bonds is 3. The number of thiophene rings is 1. The molecular formula is C12H9Cl2NO2S. The molecular weight excluding hydrogens is 293 g/mol. The molecule has 18 heavy (non-hydrogen) atoms. The molecule has 2 aromatic rings. The summed E-state index contributed by atoms with van der Waals surface area (Å²) in [4.78, 5) is 12.8. The number of halogens is 2. The zero-order valence-electron chi connectivity index (χ0n) is 9.37. The third-order valence-electron chi connectivity index (χ3n) is 2.35. The second-order valence-electron chi connectivity index (χ2n) is 3.51. The monoisotopic (exact) mass is 301 g/mol. The van der Waals surface area contributed by atoms with Crippen LogP contribution in [0, 0.1) is 0 Å². The maximum absolute atomic E-state index is 12.3. The van der Waals surface area contributed by atoms with Gasteiger partial charge >= 0.3 is 0 Å². The van der Waals surface area contributed by atoms with Gasteiger partial charge < -0.3 is 10.5 Å². The zero-order chi connectivity index (χ0) is 13.3. The fourth-order valence-corrected chi connectivity index (χ4v) is 2.76. The van der Waals surface area contributed by atoms with Crippen molar-refractivity contribution in [1.82, 2.24) is 0 Å². The quantitative estimate of drug-likeness (QED) is 0.691. The number of ether oxygens (including phenoxy) is 1. The Morgan fingerprint density at radius 2 is 2.11 bits per heavy atom. The van der Waals surface area contributed by atoms with Crippen LogP contribution in [0.2, 0.25) is 10.0 Å². The van der Waals surface area contributed by atoms with Gasteiger partial charge in [-0.05, 0) is 23.6 Å². The summed E-state index contributed by atoms with van der Waals surface area (Å²) in [6.45, 7) is 0. The number of nitrogens with two attached hydrogens (primary N) is 1. The van der Waals surface area contributed by atoms with Crippen molar-refractivity contribution in [3.8, 4) is 5.75 Å². The van der Waals surface area contributed by atoms with Crippen LogP contribution in [-0.4, -0.2) is 12.9 Å². The molecule has 1 aromatic heterocycles. The van der Waals surface area contributed by atoms with Crippen LogP contribution in [0.15, 0.2) is 23.6 Å². The van der Waals surface area contributed by atoms with Crippen LogP contribution in [-0.2, 0) is 0 Å². The molecule has 0 radical (unpaired) electrons. The van der Waals surface area contributed by atoms with E-state index < -0.39 is 0 Å². The minimum absolute atomic E-state index is 0.200. The van der Waals surface area contributed by atoms with Gasteiger partial charge in [-0.25, -0.2) is 0 Å². The Labute approximate surface area is 118 Å². The second kappa shape index (κ2) is 5.18. The van der Waals surface area contributed by atoms with Crippen LogP contribution in [0.1, 0.15) is 15.2 Å². The smallest absolute Gasteiger partial charge is 0.208 e. The molecule has 2 N–H and O–H groups in total. The summed E-state index contributed by atoms with van der Waals surface area (Å²) in [6.07, 6.45) is 0. The van der Waals surface area contributed by atoms with E-state index in [4.69, 9.17) is 33.7 Å². The van der Waals surface area contributed by atoms with Crippen molar-refractivity contribution in [2.45, 2.75) is 0 Å². The molecule has 3 nitrogen and oxygen atoms in total. The molecule has 0 spiro atoms. The van der Waals surface area contributed by atoms with Gasteiger partial charge in [0.15, 0.2) is 0 Å². The molecule has 94 valence electrons. The zero-order valence-corrected chi connectivity index (χ0v) is 11.7. The molecule has 0 aliphatic rings. The van der Waals surface area contributed by atoms with E-state index in [1.54, 1.807) is 11.4 Å². The first-order chi connectivity index (χ1) is 8.54. The van der Waals surface area contributed by atoms with Gasteiger partial charge in [0.1, 0.15) is 10.6 Å². The van der Waals surface area contributed by atoms with Gasteiger partial charge in [0.05, 0.1) is 17.2 Å². The predicted octanol–water partition coefficient (Wildman–Crippen LogP) is 3.88. The predicted molar refractivity (Wildman–Crippen MR) is 75.2 cm³/mol. The van der Waals surface area contributed by atoms with Crippen LogP contribution >= 0.6 is 34.5 Å². The summed E-state index contributed by atoms with van der Waals surface area (Å²) in [5.74, 6) is 0.265. The fraction of sp³-hybridized carbons (Fsp3) is 0.0833. The molecule has 6 heteroatoms. The van der Waals surface area contributed by atoms with Crippen LogP contribution < -0.4 is 10.5 Å². The molecule has 0 saturated carbocycles. The topological polar surface area (TPSA) is 52.3 Å². The van der Waals surface area contributed by atoms with Crippen molar-refractivity contribution in [3.63, 3.8) is 0 Å². The number of carbonyl (C=O) groups excluding carboxylic acids is 1. The van der Waals surface area contributed by atoms with E-state index in [0.29, 0.717) is 16.3 Å². The molecule has 1 aromatic carbocycles. The fourth-order valence-electron chi connectivity index (χ4n) is 1.52. The largest absolute Gasteiger partial charge is 0.495 e. The average Bonchev–Trinajstić information content (AvgIpc) is 2.81. The average molecular weight is 302 g/mol. The van der Waals surface area contributed by atoms with Gasteiger partial charge in [0.2, 0.25) is 5.78 Å². The number of anilines is 1. The lowest BCUT2D eigenvalue weighted by Gasteiger charge is -2.07. The number of hydrogen-bond acceptors (Lipinski definition) is 4. The molecule has 2 rings (SSSR count). The Morgan fingerprint density at radius 3 is 2.78 bits per heavy atom. The van der Waals surface area contributed by atoms with Gasteiger partial charge in [-0.2, -0.15) is 0 Å². The van der Waals surface area contributed by atoms with Crippen molar-refractivity contribution in [2.24, 2.45) is 0 Å². The molecule has 0 unspecified atom stereocenters. The maximum Gasteiger partial charge on any atom is 0.208 e. The first-order valence-electron chi connectivity index (χ1n) is 4.95. The SMILES string of the molecule is COc1ccsc1C(=O)c1cc(N)cc(Cl)c1Cl. The number of methoxy groups -OCH3 is 1. The standard InChI is InChI=1S/C12H9Cl2NO2S/c1-17-9-2-3-18-12(9)11(16)7-4-6(15)5-8(13)10(7)14/h2-5H,15H2,1H3. The summed E-state index contributed by atoms with van der Waals surface area (Å²) >= 11 is 13.2. The summed E-state index contributed by atoms with van der Waals surface area (Å²) in [7, 11) is 1.51. The molecule has 0 aliphatic carbocycles. The van der Waals surface area contributed by atoms with E-state index >= 15 is 0 Å². The molecule has 0 fully saturated rings. The summed E-state index contributed by atoms with van der Waals surface area (Å²) in [6, 6.07) is 4.74. The van der Waals surface area contributed by atoms with Gasteiger partial charge in [-0.1, -0.05) is 23.2 Å². The van der Waals surface area contributed by atoms with Gasteiger partial charge in [0, 0.05) is 11.3 Å². The number of hydrogen-bond donors (Lipinski definition) is 1. The lowest BCUT2D eigenvalue weighted by Crippen LogP contribution is -2.03. The summed E-state index contributed by atoms with van der Waals surface area (Å²) < 4.78 is 5.11. The van der Waals surface area contributed by atoms with Gasteiger partial charge in [-0.3, -0.25) is 4.79 Å². The molecule has 0 amide bonds. The van der Waals surface area contributed by atoms with E-state index in [2.05, 4.69) is 0 Å². The minimum Gasteiger partial charge on any atom is -0.495 e. The highest BCUT2D eigenvalue weighted by Crippen LogP contribution is 2.34. The van der Waals surface area contributed by atoms with Gasteiger partial charge in [0.25, 0.3) is 0 Å². The Kier molecular flexibility index (Phi) is 3.80. The van der Waals surface area contributed by atoms with Crippen LogP contribution in [0.5, 0.6) is 5.75 Å². The van der Waals surface area contributed by atoms with Gasteiger partial charge in [-0.15, -0.1) is 11.3 Å². The van der Waals surface area contributed by atoms with E-state index in [9.17, 15) is 4.79 Å². The minimum atomic E-state index is -0.249. The van der Waals surface area contributed by atoms with Crippen LogP contribution in [0.3, 0.4) is 0 Å². The first kappa shape index (κ1) is 13.2. The summed E-state index contributed by atoms with van der Waals surface area (Å²) in [5, 5.41) is 2.23. The summed E-state index contributed by atoms with van der Waals surface area (Å²) in [5.41, 5.74) is 6.34. The lowest BCUT2D eigenvalue weighted by molar-refractivity contribution is 0.104. The van der Waals surface area contributed by atoms with Crippen molar-refractivity contribution in [3.05, 3.63) is 44.1 Å². The highest BCUT2D eigenvalue weighted by Gasteiger charge is 2.20. The lowest BCUT2D eigenvalue weighted by atomic mass is 10.1. The highest BCUT2D eigenvalue weighted by molar-refractivity contribution is 7.12. The molecule has 0 aliphatic heterocycles. The first-order valence-corrected chi connectivity index (χ1v) is 6.59.